The molecule has 2 aliphatic rings. The summed E-state index contributed by atoms with van der Waals surface area (Å²) < 4.78 is 24.9. The van der Waals surface area contributed by atoms with Crippen LogP contribution in [0.3, 0.4) is 0 Å². The van der Waals surface area contributed by atoms with Gasteiger partial charge in [-0.2, -0.15) is 0 Å². The molecule has 5 nitrogen and oxygen atoms in total. The number of carbonyl (C=O) groups excluding carboxylic acids is 1. The topological polar surface area (TPSA) is 54.0 Å². The normalized spacial score (nSPS) is 24.2. The molecule has 0 aliphatic carbocycles. The zero-order valence-electron chi connectivity index (χ0n) is 22.4. The van der Waals surface area contributed by atoms with Crippen LogP contribution in [-0.4, -0.2) is 32.8 Å². The predicted molar refractivity (Wildman–Crippen MR) is 144 cm³/mol. The summed E-state index contributed by atoms with van der Waals surface area (Å²) in [4.78, 5) is 12.4. The molecule has 0 radical (unpaired) electrons. The molecule has 0 bridgehead atoms. The van der Waals surface area contributed by atoms with Crippen LogP contribution in [0.5, 0.6) is 5.75 Å². The van der Waals surface area contributed by atoms with Gasteiger partial charge < -0.3 is 18.6 Å². The molecule has 0 saturated carbocycles. The van der Waals surface area contributed by atoms with Crippen LogP contribution in [0, 0.1) is 0 Å². The van der Waals surface area contributed by atoms with Crippen molar-refractivity contribution in [1.29, 1.82) is 0 Å². The maximum absolute atomic E-state index is 12.4. The number of hydrogen-bond acceptors (Lipinski definition) is 5. The van der Waals surface area contributed by atoms with Crippen LogP contribution in [0.1, 0.15) is 65.0 Å². The van der Waals surface area contributed by atoms with E-state index in [4.69, 9.17) is 18.6 Å². The Hall–Kier alpha value is -2.41. The van der Waals surface area contributed by atoms with Gasteiger partial charge in [-0.1, -0.05) is 90.1 Å². The summed E-state index contributed by atoms with van der Waals surface area (Å²) in [5.74, 6) is -0.759. The van der Waals surface area contributed by atoms with Gasteiger partial charge in [0.2, 0.25) is 14.1 Å². The summed E-state index contributed by atoms with van der Waals surface area (Å²) in [5.41, 5.74) is 3.57. The van der Waals surface area contributed by atoms with Gasteiger partial charge in [0.1, 0.15) is 12.4 Å². The maximum Gasteiger partial charge on any atom is 0.309 e. The van der Waals surface area contributed by atoms with E-state index in [-0.39, 0.29) is 24.4 Å². The van der Waals surface area contributed by atoms with Crippen LogP contribution >= 0.6 is 0 Å². The number of benzene rings is 2. The molecule has 0 aromatic heterocycles. The van der Waals surface area contributed by atoms with Crippen molar-refractivity contribution in [3.63, 3.8) is 0 Å². The molecule has 2 aliphatic heterocycles. The second kappa shape index (κ2) is 10.9. The molecular weight excluding hydrogens is 468 g/mol. The molecule has 0 unspecified atom stereocenters. The van der Waals surface area contributed by atoms with Gasteiger partial charge >= 0.3 is 5.97 Å². The number of esters is 1. The van der Waals surface area contributed by atoms with Crippen molar-refractivity contribution in [2.24, 2.45) is 0 Å². The third-order valence-corrected chi connectivity index (χ3v) is 13.9. The van der Waals surface area contributed by atoms with Gasteiger partial charge in [0.05, 0.1) is 25.0 Å². The zero-order valence-corrected chi connectivity index (χ0v) is 23.4. The Morgan fingerprint density at radius 1 is 0.944 bits per heavy atom. The molecular formula is C30H40O5Si. The van der Waals surface area contributed by atoms with E-state index >= 15 is 0 Å². The Labute approximate surface area is 216 Å². The zero-order chi connectivity index (χ0) is 25.9. The predicted octanol–water partition coefficient (Wildman–Crippen LogP) is 7.14. The molecule has 2 aromatic carbocycles. The van der Waals surface area contributed by atoms with Crippen molar-refractivity contribution in [1.82, 2.24) is 0 Å². The van der Waals surface area contributed by atoms with Crippen LogP contribution < -0.4 is 4.74 Å². The highest BCUT2D eigenvalue weighted by molar-refractivity contribution is 6.77. The summed E-state index contributed by atoms with van der Waals surface area (Å²) in [5, 5.41) is 0. The molecule has 1 spiro atoms. The first-order valence-electron chi connectivity index (χ1n) is 13.2. The van der Waals surface area contributed by atoms with Crippen LogP contribution in [0.4, 0.5) is 0 Å². The Morgan fingerprint density at radius 2 is 1.58 bits per heavy atom. The fraction of sp³-hybridized carbons (Fsp3) is 0.500. The summed E-state index contributed by atoms with van der Waals surface area (Å²) in [6.45, 7) is 14.6. The van der Waals surface area contributed by atoms with E-state index in [1.54, 1.807) is 0 Å². The van der Waals surface area contributed by atoms with Gasteiger partial charge in [0, 0.05) is 0 Å². The smallest absolute Gasteiger partial charge is 0.309 e. The second-order valence-corrected chi connectivity index (χ2v) is 16.3. The molecule has 0 N–H and O–H groups in total. The highest BCUT2D eigenvalue weighted by Gasteiger charge is 2.53. The fourth-order valence-electron chi connectivity index (χ4n) is 6.07. The van der Waals surface area contributed by atoms with Gasteiger partial charge in [-0.05, 0) is 46.0 Å². The second-order valence-electron chi connectivity index (χ2n) is 10.9. The Balaban J connectivity index is 1.48. The summed E-state index contributed by atoms with van der Waals surface area (Å²) >= 11 is 0. The molecule has 0 amide bonds. The molecule has 194 valence electrons. The quantitative estimate of drug-likeness (QED) is 0.205. The van der Waals surface area contributed by atoms with Crippen LogP contribution in [0.15, 0.2) is 66.7 Å². The molecule has 36 heavy (non-hydrogen) atoms. The molecule has 1 fully saturated rings. The van der Waals surface area contributed by atoms with E-state index in [2.05, 4.69) is 47.6 Å². The monoisotopic (exact) mass is 508 g/mol. The lowest BCUT2D eigenvalue weighted by Gasteiger charge is -2.45. The molecule has 1 saturated heterocycles. The average molecular weight is 509 g/mol. The van der Waals surface area contributed by atoms with Crippen molar-refractivity contribution in [2.45, 2.75) is 89.0 Å². The van der Waals surface area contributed by atoms with E-state index < -0.39 is 14.1 Å². The first-order chi connectivity index (χ1) is 17.2. The maximum atomic E-state index is 12.4. The first kappa shape index (κ1) is 26.6. The van der Waals surface area contributed by atoms with Crippen LogP contribution in [0.25, 0.3) is 0 Å². The van der Waals surface area contributed by atoms with E-state index in [9.17, 15) is 4.79 Å². The Morgan fingerprint density at radius 3 is 2.14 bits per heavy atom. The van der Waals surface area contributed by atoms with Crippen LogP contribution in [0.2, 0.25) is 16.6 Å². The highest BCUT2D eigenvalue weighted by Crippen LogP contribution is 2.47. The minimum atomic E-state index is -2.05. The minimum Gasteiger partial charge on any atom is -0.489 e. The van der Waals surface area contributed by atoms with Crippen molar-refractivity contribution < 1.29 is 23.4 Å². The number of hydrogen-bond donors (Lipinski definition) is 0. The number of rotatable bonds is 9. The lowest BCUT2D eigenvalue weighted by Crippen LogP contribution is -2.52. The van der Waals surface area contributed by atoms with Crippen molar-refractivity contribution in [3.8, 4) is 5.75 Å². The Bertz CT molecular complexity index is 1020. The molecule has 2 aromatic rings. The largest absolute Gasteiger partial charge is 0.489 e. The lowest BCUT2D eigenvalue weighted by atomic mass is 9.88. The van der Waals surface area contributed by atoms with Gasteiger partial charge in [-0.25, -0.2) is 0 Å². The van der Waals surface area contributed by atoms with Crippen molar-refractivity contribution in [2.75, 3.05) is 6.61 Å². The SMILES string of the molecule is CC(C)[Si](O[C@H]1C=C[C@]2(OC1)OC(=O)C[C@H]2c1ccc(OCc2ccccc2)cc1)(C(C)C)C(C)C. The molecule has 2 heterocycles. The number of carbonyl (C=O) groups is 1. The minimum absolute atomic E-state index is 0.136. The Kier molecular flexibility index (Phi) is 8.08. The molecule has 3 atom stereocenters. The highest BCUT2D eigenvalue weighted by atomic mass is 28.4. The fourth-order valence-corrected chi connectivity index (χ4v) is 11.6. The van der Waals surface area contributed by atoms with E-state index in [1.165, 1.54) is 0 Å². The summed E-state index contributed by atoms with van der Waals surface area (Å²) in [6, 6.07) is 18.0. The number of ether oxygens (including phenoxy) is 3. The van der Waals surface area contributed by atoms with E-state index in [0.717, 1.165) is 16.9 Å². The first-order valence-corrected chi connectivity index (χ1v) is 15.3. The summed E-state index contributed by atoms with van der Waals surface area (Å²) in [7, 11) is -2.05. The third-order valence-electron chi connectivity index (χ3n) is 7.74. The summed E-state index contributed by atoms with van der Waals surface area (Å²) in [6.07, 6.45) is 4.11. The van der Waals surface area contributed by atoms with Gasteiger partial charge in [-0.3, -0.25) is 4.79 Å². The van der Waals surface area contributed by atoms with Crippen molar-refractivity contribution >= 4 is 14.3 Å². The molecule has 4 rings (SSSR count). The average Bonchev–Trinajstić information content (AvgIpc) is 3.18. The van der Waals surface area contributed by atoms with Gasteiger partial charge in [-0.15, -0.1) is 0 Å². The van der Waals surface area contributed by atoms with Gasteiger partial charge in [0.15, 0.2) is 0 Å². The van der Waals surface area contributed by atoms with Gasteiger partial charge in [0.25, 0.3) is 0 Å². The third kappa shape index (κ3) is 5.31. The lowest BCUT2D eigenvalue weighted by molar-refractivity contribution is -0.204. The van der Waals surface area contributed by atoms with Crippen molar-refractivity contribution in [3.05, 3.63) is 77.9 Å². The van der Waals surface area contributed by atoms with Crippen LogP contribution in [-0.2, 0) is 25.3 Å². The standard InChI is InChI=1S/C30H40O5Si/c1-21(2)36(22(3)4,23(5)6)35-27-16-17-30(33-20-27)28(18-29(31)34-30)25-12-14-26(15-13-25)32-19-24-10-8-7-9-11-24/h7-17,21-23,27-28H,18-20H2,1-6H3/t27-,28-,30-/m0/s1. The van der Waals surface area contributed by atoms with E-state index in [0.29, 0.717) is 29.8 Å². The molecule has 6 heteroatoms. The van der Waals surface area contributed by atoms with E-state index in [1.807, 2.05) is 60.7 Å².